The molecule has 0 atom stereocenters. The van der Waals surface area contributed by atoms with E-state index in [1.165, 1.54) is 12.8 Å². The van der Waals surface area contributed by atoms with Crippen molar-refractivity contribution in [2.75, 3.05) is 0 Å². The van der Waals surface area contributed by atoms with Gasteiger partial charge in [0.05, 0.1) is 0 Å². The second kappa shape index (κ2) is 61.7. The molecule has 0 aromatic rings. The van der Waals surface area contributed by atoms with Gasteiger partial charge in [-0.3, -0.25) is 0 Å². The number of hydrogen-bond donors (Lipinski definition) is 0. The first-order valence-corrected chi connectivity index (χ1v) is 3.41. The third-order valence-electron chi connectivity index (χ3n) is 0.707. The van der Waals surface area contributed by atoms with Gasteiger partial charge in [-0.1, -0.05) is 53.4 Å². The van der Waals surface area contributed by atoms with Gasteiger partial charge in [0.25, 0.3) is 0 Å². The Hall–Kier alpha value is 2.65. The molecular weight excluding hydrogens is 430 g/mol. The van der Waals surface area contributed by atoms with Crippen molar-refractivity contribution in [3.8, 4) is 0 Å². The third kappa shape index (κ3) is 108. The van der Waals surface area contributed by atoms with E-state index in [4.69, 9.17) is 0 Å². The van der Waals surface area contributed by atoms with Crippen LogP contribution in [0.25, 0.3) is 0 Å². The average Bonchev–Trinajstić information content (AvgIpc) is 1.88. The Kier molecular flexibility index (Phi) is 213. The maximum Gasteiger partial charge on any atom is 0 e. The smallest absolute Gasteiger partial charge is 0 e. The van der Waals surface area contributed by atoms with Gasteiger partial charge in [0.2, 0.25) is 0 Å². The summed E-state index contributed by atoms with van der Waals surface area (Å²) in [5.74, 6) is 0. The van der Waals surface area contributed by atoms with Gasteiger partial charge < -0.3 is 0 Å². The molecule has 0 fully saturated rings. The summed E-state index contributed by atoms with van der Waals surface area (Å²) in [6, 6.07) is 0. The summed E-state index contributed by atoms with van der Waals surface area (Å²) in [5.41, 5.74) is 0. The molecule has 0 nitrogen and oxygen atoms in total. The topological polar surface area (TPSA) is 0 Å². The molecule has 0 saturated heterocycles. The van der Waals surface area contributed by atoms with Crippen LogP contribution < -0.4 is 0 Å². The van der Waals surface area contributed by atoms with Crippen LogP contribution in [0, 0.1) is 13.8 Å². The number of unbranched alkanes of at least 4 members (excludes halogenated alkanes) is 2. The van der Waals surface area contributed by atoms with Crippen LogP contribution in [0.4, 0.5) is 0 Å². The van der Waals surface area contributed by atoms with Gasteiger partial charge in [0, 0.05) is 47.8 Å². The van der Waals surface area contributed by atoms with E-state index < -0.39 is 0 Å². The molecule has 13 heavy (non-hydrogen) atoms. The molecule has 5 heteroatoms. The molecule has 0 bridgehead atoms. The van der Waals surface area contributed by atoms with Crippen molar-refractivity contribution >= 4 is 88.3 Å². The minimum absolute atomic E-state index is 0. The maximum absolute atomic E-state index is 3.60. The van der Waals surface area contributed by atoms with E-state index in [1.807, 2.05) is 0 Å². The summed E-state index contributed by atoms with van der Waals surface area (Å²) in [6.07, 6.45) is 4.56. The summed E-state index contributed by atoms with van der Waals surface area (Å²) in [5, 5.41) is 0. The van der Waals surface area contributed by atoms with Crippen LogP contribution in [0.15, 0.2) is 0 Å². The van der Waals surface area contributed by atoms with Gasteiger partial charge in [-0.2, -0.15) is 40.5 Å². The Bertz CT molecular complexity index is 25.4. The fourth-order valence-corrected chi connectivity index (χ4v) is 0. The Balaban J connectivity index is -0.00000000800. The van der Waals surface area contributed by atoms with Crippen LogP contribution in [0.5, 0.6) is 0 Å². The van der Waals surface area contributed by atoms with Crippen LogP contribution in [-0.4, -0.2) is 47.8 Å². The minimum Gasteiger partial charge on any atom is -0.197 e. The first-order valence-electron chi connectivity index (χ1n) is 3.41. The van der Waals surface area contributed by atoms with Crippen LogP contribution in [0.1, 0.15) is 39.5 Å². The van der Waals surface area contributed by atoms with Crippen LogP contribution in [0.3, 0.4) is 0 Å². The third-order valence-corrected chi connectivity index (χ3v) is 0.707. The van der Waals surface area contributed by atoms with Gasteiger partial charge >= 0.3 is 0 Å². The summed E-state index contributed by atoms with van der Waals surface area (Å²) in [4.78, 5) is 0. The van der Waals surface area contributed by atoms with E-state index >= 15 is 0 Å². The van der Waals surface area contributed by atoms with Crippen molar-refractivity contribution in [1.29, 1.82) is 0 Å². The fourth-order valence-electron chi connectivity index (χ4n) is 0. The zero-order valence-corrected chi connectivity index (χ0v) is 17.5. The minimum atomic E-state index is 0. The molecular formula is C8H24S3Sn2. The van der Waals surface area contributed by atoms with E-state index in [9.17, 15) is 0 Å². The predicted molar refractivity (Wildman–Crippen MR) is 83.2 cm³/mol. The molecule has 0 unspecified atom stereocenters. The van der Waals surface area contributed by atoms with Gasteiger partial charge in [0.15, 0.2) is 0 Å². The van der Waals surface area contributed by atoms with Crippen LogP contribution in [-0.2, 0) is 0 Å². The molecule has 0 aromatic heterocycles. The molecule has 0 N–H and O–H groups in total. The van der Waals surface area contributed by atoms with Crippen molar-refractivity contribution in [3.05, 3.63) is 13.8 Å². The quantitative estimate of drug-likeness (QED) is 0.564. The standard InChI is InChI=1S/2C4H9.3H2S.2Sn/c2*1-3-4-2;;;;;/h2*1,3-4H2,2H3;3*1H2;;. The Labute approximate surface area is 140 Å². The van der Waals surface area contributed by atoms with Crippen molar-refractivity contribution in [2.24, 2.45) is 0 Å². The fraction of sp³-hybridized carbons (Fsp3) is 0.750. The van der Waals surface area contributed by atoms with Crippen molar-refractivity contribution < 1.29 is 0 Å². The Morgan fingerprint density at radius 3 is 0.769 bits per heavy atom. The summed E-state index contributed by atoms with van der Waals surface area (Å²) in [7, 11) is 0. The molecule has 0 amide bonds. The number of rotatable bonds is 2. The maximum atomic E-state index is 3.60. The Morgan fingerprint density at radius 1 is 0.692 bits per heavy atom. The molecule has 0 saturated carbocycles. The molecule has 0 aromatic carbocycles. The summed E-state index contributed by atoms with van der Waals surface area (Å²) in [6.45, 7) is 11.4. The molecule has 0 heterocycles. The van der Waals surface area contributed by atoms with Crippen molar-refractivity contribution in [3.63, 3.8) is 0 Å². The first kappa shape index (κ1) is 44.9. The first-order chi connectivity index (χ1) is 3.83. The van der Waals surface area contributed by atoms with Gasteiger partial charge in [-0.25, -0.2) is 0 Å². The van der Waals surface area contributed by atoms with Crippen LogP contribution in [0.2, 0.25) is 0 Å². The SMILES string of the molecule is S.S.S.[CH2]CCC.[CH2]CCC.[Sn].[Sn]. The van der Waals surface area contributed by atoms with Gasteiger partial charge in [0.1, 0.15) is 0 Å². The molecule has 0 rings (SSSR count). The molecule has 82 valence electrons. The van der Waals surface area contributed by atoms with E-state index in [2.05, 4.69) is 27.7 Å². The monoisotopic (exact) mass is 456 g/mol. The Morgan fingerprint density at radius 2 is 0.769 bits per heavy atom. The second-order valence-electron chi connectivity index (χ2n) is 1.71. The van der Waals surface area contributed by atoms with Gasteiger partial charge in [-0.15, -0.1) is 0 Å². The molecule has 0 aliphatic carbocycles. The van der Waals surface area contributed by atoms with Crippen LogP contribution >= 0.6 is 40.5 Å². The zero-order chi connectivity index (χ0) is 6.83. The zero-order valence-electron chi connectivity index (χ0n) is 8.74. The normalized spacial score (nSPS) is 4.62. The number of hydrogen-bond acceptors (Lipinski definition) is 0. The van der Waals surface area contributed by atoms with Crippen molar-refractivity contribution in [1.82, 2.24) is 0 Å². The largest absolute Gasteiger partial charge is 0.197 e. The molecule has 0 aliphatic heterocycles. The van der Waals surface area contributed by atoms with E-state index in [-0.39, 0.29) is 88.3 Å². The summed E-state index contributed by atoms with van der Waals surface area (Å²) >= 11 is 0. The van der Waals surface area contributed by atoms with E-state index in [0.717, 1.165) is 12.8 Å². The van der Waals surface area contributed by atoms with Gasteiger partial charge in [-0.05, 0) is 0 Å². The van der Waals surface area contributed by atoms with E-state index in [0.29, 0.717) is 0 Å². The second-order valence-corrected chi connectivity index (χ2v) is 1.71. The summed E-state index contributed by atoms with van der Waals surface area (Å²) < 4.78 is 0. The predicted octanol–water partition coefficient (Wildman–Crippen LogP) is 2.82. The van der Waals surface area contributed by atoms with Crippen molar-refractivity contribution in [2.45, 2.75) is 39.5 Å². The van der Waals surface area contributed by atoms with E-state index in [1.54, 1.807) is 0 Å². The average molecular weight is 454 g/mol. The molecule has 10 radical (unpaired) electrons. The molecule has 0 aliphatic rings. The molecule has 0 spiro atoms.